The minimum absolute atomic E-state index is 0.0591. The van der Waals surface area contributed by atoms with Gasteiger partial charge in [0.15, 0.2) is 0 Å². The van der Waals surface area contributed by atoms with Crippen molar-refractivity contribution in [3.63, 3.8) is 0 Å². The molecule has 0 aliphatic rings. The Morgan fingerprint density at radius 3 is 2.47 bits per heavy atom. The summed E-state index contributed by atoms with van der Waals surface area (Å²) in [4.78, 5) is 32.8. The molecule has 0 saturated heterocycles. The molecule has 1 unspecified atom stereocenters. The maximum atomic E-state index is 11.2. The van der Waals surface area contributed by atoms with E-state index in [2.05, 4.69) is 10.1 Å². The molecule has 0 aromatic heterocycles. The van der Waals surface area contributed by atoms with E-state index in [0.29, 0.717) is 13.6 Å². The van der Waals surface area contributed by atoms with Crippen molar-refractivity contribution < 1.29 is 19.1 Å². The van der Waals surface area contributed by atoms with E-state index < -0.39 is 12.0 Å². The quantitative estimate of drug-likeness (QED) is 0.474. The molecule has 0 spiro atoms. The van der Waals surface area contributed by atoms with Crippen molar-refractivity contribution in [1.29, 1.82) is 0 Å². The van der Waals surface area contributed by atoms with Crippen molar-refractivity contribution in [2.45, 2.75) is 32.6 Å². The predicted octanol–water partition coefficient (Wildman–Crippen LogP) is -0.545. The first-order valence-corrected chi connectivity index (χ1v) is 4.84. The van der Waals surface area contributed by atoms with Crippen LogP contribution in [0.3, 0.4) is 0 Å². The average molecular weight is 213 g/mol. The van der Waals surface area contributed by atoms with Gasteiger partial charge in [-0.2, -0.15) is 0 Å². The maximum Gasteiger partial charge on any atom is 0.328 e. The molecule has 84 valence electrons. The fourth-order valence-electron chi connectivity index (χ4n) is 1.05. The van der Waals surface area contributed by atoms with Gasteiger partial charge in [0.2, 0.25) is 13.2 Å². The second kappa shape index (κ2) is 7.03. The summed E-state index contributed by atoms with van der Waals surface area (Å²) >= 11 is 0. The Morgan fingerprint density at radius 2 is 2.00 bits per heavy atom. The van der Waals surface area contributed by atoms with Gasteiger partial charge in [-0.15, -0.1) is 0 Å². The molecule has 0 aromatic rings. The highest BCUT2D eigenvalue weighted by molar-refractivity contribution is 6.73. The maximum absolute atomic E-state index is 11.2. The lowest BCUT2D eigenvalue weighted by atomic mass is 9.69. The summed E-state index contributed by atoms with van der Waals surface area (Å²) in [5, 5.41) is 2.48. The van der Waals surface area contributed by atoms with Gasteiger partial charge >= 0.3 is 5.97 Å². The topological polar surface area (TPSA) is 72.5 Å². The summed E-state index contributed by atoms with van der Waals surface area (Å²) in [5.41, 5.74) is 0.0591. The highest BCUT2D eigenvalue weighted by Crippen LogP contribution is 1.92. The van der Waals surface area contributed by atoms with Crippen LogP contribution in [0, 0.1) is 0 Å². The fourth-order valence-corrected chi connectivity index (χ4v) is 1.05. The van der Waals surface area contributed by atoms with Crippen molar-refractivity contribution in [2.24, 2.45) is 0 Å². The summed E-state index contributed by atoms with van der Waals surface area (Å²) < 4.78 is 4.45. The summed E-state index contributed by atoms with van der Waals surface area (Å²) in [7, 11) is 1.65. The third-order valence-corrected chi connectivity index (χ3v) is 1.86. The third kappa shape index (κ3) is 6.71. The Kier molecular flexibility index (Phi) is 6.41. The van der Waals surface area contributed by atoms with Gasteiger partial charge in [-0.1, -0.05) is 6.32 Å². The third-order valence-electron chi connectivity index (χ3n) is 1.86. The van der Waals surface area contributed by atoms with Crippen molar-refractivity contribution in [2.75, 3.05) is 7.11 Å². The van der Waals surface area contributed by atoms with Gasteiger partial charge in [-0.3, -0.25) is 4.79 Å². The lowest BCUT2D eigenvalue weighted by Crippen LogP contribution is -2.39. The summed E-state index contributed by atoms with van der Waals surface area (Å²) in [6.07, 6.45) is 0.760. The molecule has 0 saturated carbocycles. The number of carbonyl (C=O) groups excluding carboxylic acids is 3. The standard InChI is InChI=1S/C9H16BNO4/c1-6(9(14)15-3)11-8(13)4-5-10-7(2)12/h6,10H,4-5H2,1-3H3,(H,11,13). The van der Waals surface area contributed by atoms with Gasteiger partial charge < -0.3 is 14.8 Å². The minimum atomic E-state index is -0.639. The van der Waals surface area contributed by atoms with Crippen LogP contribution in [0.15, 0.2) is 0 Å². The van der Waals surface area contributed by atoms with Crippen LogP contribution < -0.4 is 5.32 Å². The Morgan fingerprint density at radius 1 is 1.40 bits per heavy atom. The van der Waals surface area contributed by atoms with Crippen LogP contribution >= 0.6 is 0 Å². The smallest absolute Gasteiger partial charge is 0.328 e. The van der Waals surface area contributed by atoms with Gasteiger partial charge in [0.05, 0.1) is 12.8 Å². The first-order valence-electron chi connectivity index (χ1n) is 4.84. The second-order valence-corrected chi connectivity index (χ2v) is 3.37. The van der Waals surface area contributed by atoms with E-state index in [-0.39, 0.29) is 18.0 Å². The zero-order valence-corrected chi connectivity index (χ0v) is 9.33. The van der Waals surface area contributed by atoms with Crippen LogP contribution in [0.4, 0.5) is 0 Å². The zero-order chi connectivity index (χ0) is 11.8. The van der Waals surface area contributed by atoms with Crippen molar-refractivity contribution in [1.82, 2.24) is 5.32 Å². The Bertz CT molecular complexity index is 254. The summed E-state index contributed by atoms with van der Waals surface area (Å²) in [5.74, 6) is -0.718. The number of ether oxygens (including phenoxy) is 1. The zero-order valence-electron chi connectivity index (χ0n) is 9.33. The van der Waals surface area contributed by atoms with E-state index in [1.807, 2.05) is 0 Å². The Hall–Kier alpha value is -1.33. The number of esters is 1. The molecule has 0 bridgehead atoms. The lowest BCUT2D eigenvalue weighted by molar-refractivity contribution is -0.144. The molecule has 1 amide bonds. The number of nitrogens with one attached hydrogen (secondary N) is 1. The van der Waals surface area contributed by atoms with Crippen LogP contribution in [0.5, 0.6) is 0 Å². The van der Waals surface area contributed by atoms with Crippen molar-refractivity contribution >= 4 is 24.8 Å². The van der Waals surface area contributed by atoms with E-state index in [1.165, 1.54) is 14.0 Å². The Balaban J connectivity index is 3.74. The SMILES string of the molecule is COC(=O)C(C)NC(=O)CCBC(C)=O. The van der Waals surface area contributed by atoms with E-state index in [4.69, 9.17) is 0 Å². The molecule has 0 radical (unpaired) electrons. The first kappa shape index (κ1) is 13.7. The first-order chi connectivity index (χ1) is 6.97. The number of rotatable bonds is 6. The van der Waals surface area contributed by atoms with Crippen LogP contribution in [-0.4, -0.2) is 38.0 Å². The van der Waals surface area contributed by atoms with Gasteiger partial charge in [-0.05, 0) is 13.8 Å². The largest absolute Gasteiger partial charge is 0.467 e. The predicted molar refractivity (Wildman–Crippen MR) is 56.9 cm³/mol. The van der Waals surface area contributed by atoms with Crippen LogP contribution in [0.2, 0.25) is 6.32 Å². The second-order valence-electron chi connectivity index (χ2n) is 3.37. The molecule has 15 heavy (non-hydrogen) atoms. The molecule has 1 N–H and O–H groups in total. The summed E-state index contributed by atoms with van der Waals surface area (Å²) in [6.45, 7) is 3.03. The molecule has 6 heteroatoms. The van der Waals surface area contributed by atoms with Crippen molar-refractivity contribution in [3.8, 4) is 0 Å². The van der Waals surface area contributed by atoms with E-state index in [1.54, 1.807) is 6.92 Å². The number of amides is 1. The van der Waals surface area contributed by atoms with Crippen LogP contribution in [-0.2, 0) is 19.1 Å². The molecule has 0 aromatic carbocycles. The van der Waals surface area contributed by atoms with Crippen LogP contribution in [0.25, 0.3) is 0 Å². The monoisotopic (exact) mass is 213 g/mol. The molecular formula is C9H16BNO4. The molecule has 0 fully saturated rings. The van der Waals surface area contributed by atoms with Gasteiger partial charge in [0, 0.05) is 6.42 Å². The highest BCUT2D eigenvalue weighted by Gasteiger charge is 2.15. The molecule has 1 atom stereocenters. The molecule has 0 rings (SSSR count). The van der Waals surface area contributed by atoms with Crippen molar-refractivity contribution in [3.05, 3.63) is 0 Å². The highest BCUT2D eigenvalue weighted by atomic mass is 16.5. The lowest BCUT2D eigenvalue weighted by Gasteiger charge is -2.10. The fraction of sp³-hybridized carbons (Fsp3) is 0.667. The molecule has 0 heterocycles. The van der Waals surface area contributed by atoms with Crippen LogP contribution in [0.1, 0.15) is 20.3 Å². The Labute approximate surface area is 89.8 Å². The van der Waals surface area contributed by atoms with E-state index in [9.17, 15) is 14.4 Å². The van der Waals surface area contributed by atoms with Gasteiger partial charge in [0.25, 0.3) is 0 Å². The number of carbonyl (C=O) groups is 3. The molecular weight excluding hydrogens is 197 g/mol. The van der Waals surface area contributed by atoms with E-state index >= 15 is 0 Å². The summed E-state index contributed by atoms with van der Waals surface area (Å²) in [6, 6.07) is -0.639. The van der Waals surface area contributed by atoms with E-state index in [0.717, 1.165) is 0 Å². The molecule has 0 aliphatic heterocycles. The molecule has 5 nitrogen and oxygen atoms in total. The molecule has 0 aliphatic carbocycles. The average Bonchev–Trinajstić information content (AvgIpc) is 2.15. The number of methoxy groups -OCH3 is 1. The van der Waals surface area contributed by atoms with Gasteiger partial charge in [-0.25, -0.2) is 4.79 Å². The number of hydrogen-bond acceptors (Lipinski definition) is 4. The normalized spacial score (nSPS) is 11.4. The minimum Gasteiger partial charge on any atom is -0.467 e. The van der Waals surface area contributed by atoms with Gasteiger partial charge in [0.1, 0.15) is 6.04 Å². The number of hydrogen-bond donors (Lipinski definition) is 1.